The monoisotopic (exact) mass is 493 g/mol. The molecule has 0 saturated carbocycles. The Bertz CT molecular complexity index is 948. The lowest BCUT2D eigenvalue weighted by Crippen LogP contribution is -2.22. The van der Waals surface area contributed by atoms with Crippen molar-refractivity contribution in [3.63, 3.8) is 0 Å². The molecule has 1 amide bonds. The van der Waals surface area contributed by atoms with Gasteiger partial charge in [0.25, 0.3) is 5.91 Å². The second-order valence-electron chi connectivity index (χ2n) is 5.36. The summed E-state index contributed by atoms with van der Waals surface area (Å²) in [4.78, 5) is 23.6. The van der Waals surface area contributed by atoms with Gasteiger partial charge in [-0.2, -0.15) is 0 Å². The van der Waals surface area contributed by atoms with Crippen LogP contribution < -0.4 is 5.32 Å². The number of sulfone groups is 1. The molecule has 27 heavy (non-hydrogen) atoms. The van der Waals surface area contributed by atoms with Crippen LogP contribution in [0.3, 0.4) is 0 Å². The smallest absolute Gasteiger partial charge is 0.307 e. The van der Waals surface area contributed by atoms with E-state index in [1.165, 1.54) is 24.3 Å². The molecular weight excluding hydrogens is 481 g/mol. The van der Waals surface area contributed by atoms with Crippen molar-refractivity contribution in [2.45, 2.75) is 11.3 Å². The highest BCUT2D eigenvalue weighted by molar-refractivity contribution is 9.10. The summed E-state index contributed by atoms with van der Waals surface area (Å²) in [6, 6.07) is 10.5. The fourth-order valence-corrected chi connectivity index (χ4v) is 4.04. The third-order valence-corrected chi connectivity index (χ3v) is 6.11. The molecular formula is C17H14BrCl2NO5S. The molecule has 0 bridgehead atoms. The van der Waals surface area contributed by atoms with Gasteiger partial charge in [0.05, 0.1) is 27.8 Å². The van der Waals surface area contributed by atoms with E-state index in [4.69, 9.17) is 27.9 Å². The van der Waals surface area contributed by atoms with Crippen LogP contribution in [0.25, 0.3) is 0 Å². The minimum absolute atomic E-state index is 0.0577. The third-order valence-electron chi connectivity index (χ3n) is 3.32. The van der Waals surface area contributed by atoms with Gasteiger partial charge in [0.1, 0.15) is 0 Å². The Morgan fingerprint density at radius 2 is 1.74 bits per heavy atom. The van der Waals surface area contributed by atoms with E-state index in [9.17, 15) is 18.0 Å². The van der Waals surface area contributed by atoms with Gasteiger partial charge in [0.2, 0.25) is 0 Å². The highest BCUT2D eigenvalue weighted by Crippen LogP contribution is 2.25. The second kappa shape index (κ2) is 9.54. The standard InChI is InChI=1S/C17H14BrCl2NO5S/c18-11-1-6-15(14(20)9-11)21-16(22)10-26-17(23)7-8-27(24,25)13-4-2-12(19)3-5-13/h1-6,9H,7-8,10H2,(H,21,22). The zero-order valence-corrected chi connectivity index (χ0v) is 17.7. The SMILES string of the molecule is O=C(COC(=O)CCS(=O)(=O)c1ccc(Cl)cc1)Nc1ccc(Br)cc1Cl. The fourth-order valence-electron chi connectivity index (χ4n) is 1.97. The van der Waals surface area contributed by atoms with Crippen LogP contribution in [-0.2, 0) is 24.2 Å². The molecule has 6 nitrogen and oxygen atoms in total. The maximum absolute atomic E-state index is 12.1. The zero-order valence-electron chi connectivity index (χ0n) is 13.7. The molecule has 0 heterocycles. The quantitative estimate of drug-likeness (QED) is 0.585. The number of hydrogen-bond acceptors (Lipinski definition) is 5. The number of hydrogen-bond donors (Lipinski definition) is 1. The first-order valence-electron chi connectivity index (χ1n) is 7.56. The van der Waals surface area contributed by atoms with Gasteiger partial charge in [0.15, 0.2) is 16.4 Å². The van der Waals surface area contributed by atoms with Gasteiger partial charge < -0.3 is 10.1 Å². The number of ether oxygens (including phenoxy) is 1. The van der Waals surface area contributed by atoms with Crippen LogP contribution in [-0.4, -0.2) is 32.7 Å². The zero-order chi connectivity index (χ0) is 20.0. The van der Waals surface area contributed by atoms with Crippen LogP contribution in [0.5, 0.6) is 0 Å². The summed E-state index contributed by atoms with van der Waals surface area (Å²) in [5, 5.41) is 3.22. The Kier molecular flexibility index (Phi) is 7.67. The Balaban J connectivity index is 1.81. The lowest BCUT2D eigenvalue weighted by Gasteiger charge is -2.09. The van der Waals surface area contributed by atoms with Crippen molar-refractivity contribution in [3.05, 3.63) is 57.0 Å². The molecule has 1 N–H and O–H groups in total. The van der Waals surface area contributed by atoms with Gasteiger partial charge >= 0.3 is 5.97 Å². The summed E-state index contributed by atoms with van der Waals surface area (Å²) < 4.78 is 29.8. The molecule has 2 aromatic rings. The largest absolute Gasteiger partial charge is 0.456 e. The predicted molar refractivity (Wildman–Crippen MR) is 107 cm³/mol. The summed E-state index contributed by atoms with van der Waals surface area (Å²) in [5.74, 6) is -1.83. The van der Waals surface area contributed by atoms with Crippen molar-refractivity contribution in [2.75, 3.05) is 17.7 Å². The molecule has 0 spiro atoms. The third kappa shape index (κ3) is 6.80. The highest BCUT2D eigenvalue weighted by Gasteiger charge is 2.18. The molecule has 0 aliphatic carbocycles. The minimum Gasteiger partial charge on any atom is -0.456 e. The van der Waals surface area contributed by atoms with Gasteiger partial charge in [-0.25, -0.2) is 8.42 Å². The van der Waals surface area contributed by atoms with E-state index in [1.54, 1.807) is 18.2 Å². The van der Waals surface area contributed by atoms with Crippen LogP contribution in [0.2, 0.25) is 10.0 Å². The topological polar surface area (TPSA) is 89.5 Å². The van der Waals surface area contributed by atoms with Gasteiger partial charge in [-0.3, -0.25) is 9.59 Å². The average Bonchev–Trinajstić information content (AvgIpc) is 2.61. The normalized spacial score (nSPS) is 11.1. The number of carbonyl (C=O) groups is 2. The maximum atomic E-state index is 12.1. The number of benzene rings is 2. The Hall–Kier alpha value is -1.61. The number of amides is 1. The lowest BCUT2D eigenvalue weighted by molar-refractivity contribution is -0.146. The van der Waals surface area contributed by atoms with Crippen molar-refractivity contribution in [1.82, 2.24) is 0 Å². The molecule has 0 aliphatic rings. The van der Waals surface area contributed by atoms with Crippen LogP contribution in [0.4, 0.5) is 5.69 Å². The van der Waals surface area contributed by atoms with E-state index < -0.39 is 34.1 Å². The molecule has 0 fully saturated rings. The van der Waals surface area contributed by atoms with Gasteiger partial charge in [-0.1, -0.05) is 39.1 Å². The number of esters is 1. The number of carbonyl (C=O) groups excluding carboxylic acids is 2. The molecule has 0 radical (unpaired) electrons. The van der Waals surface area contributed by atoms with Crippen molar-refractivity contribution >= 4 is 66.5 Å². The number of nitrogens with one attached hydrogen (secondary N) is 1. The van der Waals surface area contributed by atoms with E-state index in [-0.39, 0.29) is 11.3 Å². The van der Waals surface area contributed by atoms with E-state index in [2.05, 4.69) is 21.2 Å². The van der Waals surface area contributed by atoms with Gasteiger partial charge in [-0.15, -0.1) is 0 Å². The Labute approximate surface area is 174 Å². The maximum Gasteiger partial charge on any atom is 0.307 e. The van der Waals surface area contributed by atoms with E-state index in [1.807, 2.05) is 0 Å². The molecule has 2 aromatic carbocycles. The number of anilines is 1. The summed E-state index contributed by atoms with van der Waals surface area (Å²) in [5.41, 5.74) is 0.367. The predicted octanol–water partition coefficient (Wildman–Crippen LogP) is 4.10. The Morgan fingerprint density at radius 3 is 2.37 bits per heavy atom. The number of rotatable bonds is 7. The molecule has 10 heteroatoms. The lowest BCUT2D eigenvalue weighted by atomic mass is 10.3. The first-order chi connectivity index (χ1) is 12.7. The summed E-state index contributed by atoms with van der Waals surface area (Å²) in [6.45, 7) is -0.549. The first kappa shape index (κ1) is 21.7. The van der Waals surface area contributed by atoms with E-state index in [0.29, 0.717) is 15.7 Å². The molecule has 2 rings (SSSR count). The first-order valence-corrected chi connectivity index (χ1v) is 10.8. The van der Waals surface area contributed by atoms with Crippen LogP contribution in [0, 0.1) is 0 Å². The Morgan fingerprint density at radius 1 is 1.07 bits per heavy atom. The summed E-state index contributed by atoms with van der Waals surface area (Å²) in [6.07, 6.45) is -0.378. The molecule has 0 aliphatic heterocycles. The van der Waals surface area contributed by atoms with Crippen molar-refractivity contribution in [3.8, 4) is 0 Å². The minimum atomic E-state index is -3.65. The fraction of sp³-hybridized carbons (Fsp3) is 0.176. The van der Waals surface area contributed by atoms with Crippen LogP contribution >= 0.6 is 39.1 Å². The number of halogens is 3. The van der Waals surface area contributed by atoms with Gasteiger partial charge in [0, 0.05) is 9.50 Å². The van der Waals surface area contributed by atoms with Crippen molar-refractivity contribution < 1.29 is 22.7 Å². The summed E-state index contributed by atoms with van der Waals surface area (Å²) in [7, 11) is -3.65. The molecule has 144 valence electrons. The van der Waals surface area contributed by atoms with Gasteiger partial charge in [-0.05, 0) is 42.5 Å². The van der Waals surface area contributed by atoms with Crippen LogP contribution in [0.15, 0.2) is 51.8 Å². The highest BCUT2D eigenvalue weighted by atomic mass is 79.9. The molecule has 0 unspecified atom stereocenters. The molecule has 0 atom stereocenters. The molecule has 0 saturated heterocycles. The summed E-state index contributed by atoms with van der Waals surface area (Å²) >= 11 is 14.9. The van der Waals surface area contributed by atoms with E-state index in [0.717, 1.165) is 4.47 Å². The second-order valence-corrected chi connectivity index (χ2v) is 9.22. The van der Waals surface area contributed by atoms with Crippen molar-refractivity contribution in [2.24, 2.45) is 0 Å². The molecule has 0 aromatic heterocycles. The van der Waals surface area contributed by atoms with Crippen LogP contribution in [0.1, 0.15) is 6.42 Å². The average molecular weight is 495 g/mol. The van der Waals surface area contributed by atoms with E-state index >= 15 is 0 Å². The van der Waals surface area contributed by atoms with Crippen molar-refractivity contribution in [1.29, 1.82) is 0 Å².